The number of amides is 2. The summed E-state index contributed by atoms with van der Waals surface area (Å²) in [6.07, 6.45) is 0.220. The van der Waals surface area contributed by atoms with E-state index in [1.54, 1.807) is 4.90 Å². The fourth-order valence-corrected chi connectivity index (χ4v) is 3.57. The summed E-state index contributed by atoms with van der Waals surface area (Å²) in [6.45, 7) is 14.7. The molecule has 0 saturated carbocycles. The van der Waals surface area contributed by atoms with E-state index in [1.165, 1.54) is 0 Å². The van der Waals surface area contributed by atoms with E-state index in [0.29, 0.717) is 31.1 Å². The van der Waals surface area contributed by atoms with Gasteiger partial charge in [-0.25, -0.2) is 4.79 Å². The average molecular weight is 443 g/mol. The summed E-state index contributed by atoms with van der Waals surface area (Å²) in [6, 6.07) is 5.97. The molecule has 1 aromatic heterocycles. The van der Waals surface area contributed by atoms with Crippen molar-refractivity contribution in [2.45, 2.75) is 72.4 Å². The van der Waals surface area contributed by atoms with Gasteiger partial charge in [0.2, 0.25) is 0 Å². The van der Waals surface area contributed by atoms with Crippen molar-refractivity contribution in [2.24, 2.45) is 0 Å². The van der Waals surface area contributed by atoms with Crippen LogP contribution >= 0.6 is 0 Å². The summed E-state index contributed by atoms with van der Waals surface area (Å²) in [7, 11) is 0. The molecule has 0 fully saturated rings. The predicted octanol–water partition coefficient (Wildman–Crippen LogP) is 4.33. The van der Waals surface area contributed by atoms with E-state index in [9.17, 15) is 9.59 Å². The van der Waals surface area contributed by atoms with Crippen molar-refractivity contribution in [3.63, 3.8) is 0 Å². The fraction of sp³-hybridized carbons (Fsp3) is 0.542. The number of ether oxygens (including phenoxy) is 2. The Morgan fingerprint density at radius 3 is 2.56 bits per heavy atom. The Morgan fingerprint density at radius 2 is 1.91 bits per heavy atom. The molecule has 2 aromatic rings. The Balaban J connectivity index is 1.61. The number of H-pyrrole nitrogens is 1. The molecule has 2 N–H and O–H groups in total. The topological polar surface area (TPSA) is 96.5 Å². The van der Waals surface area contributed by atoms with Gasteiger partial charge in [0, 0.05) is 12.1 Å². The zero-order chi connectivity index (χ0) is 23.7. The summed E-state index contributed by atoms with van der Waals surface area (Å²) in [5, 5.41) is 10.0. The zero-order valence-electron chi connectivity index (χ0n) is 20.1. The molecule has 0 unspecified atom stereocenters. The van der Waals surface area contributed by atoms with Gasteiger partial charge in [-0.05, 0) is 51.2 Å². The van der Waals surface area contributed by atoms with Crippen LogP contribution in [0.1, 0.15) is 63.9 Å². The van der Waals surface area contributed by atoms with E-state index in [4.69, 9.17) is 9.47 Å². The molecule has 8 nitrogen and oxygen atoms in total. The molecule has 1 aliphatic rings. The van der Waals surface area contributed by atoms with Crippen molar-refractivity contribution in [1.29, 1.82) is 0 Å². The minimum absolute atomic E-state index is 0.0981. The summed E-state index contributed by atoms with van der Waals surface area (Å²) in [5.74, 6) is 0.905. The number of carbonyl (C=O) groups excluding carboxylic acids is 2. The van der Waals surface area contributed by atoms with Crippen LogP contribution in [-0.4, -0.2) is 45.9 Å². The maximum atomic E-state index is 12.6. The first-order valence-electron chi connectivity index (χ1n) is 10.9. The van der Waals surface area contributed by atoms with Gasteiger partial charge in [0.1, 0.15) is 11.4 Å². The third kappa shape index (κ3) is 5.81. The van der Waals surface area contributed by atoms with Crippen molar-refractivity contribution >= 4 is 17.8 Å². The average Bonchev–Trinajstić information content (AvgIpc) is 3.07. The smallest absolute Gasteiger partial charge is 0.410 e. The lowest BCUT2D eigenvalue weighted by Gasteiger charge is -2.29. The van der Waals surface area contributed by atoms with Gasteiger partial charge in [-0.2, -0.15) is 5.10 Å². The monoisotopic (exact) mass is 442 g/mol. The van der Waals surface area contributed by atoms with Gasteiger partial charge in [0.25, 0.3) is 5.91 Å². The second kappa shape index (κ2) is 8.84. The number of aryl methyl sites for hydroxylation is 1. The van der Waals surface area contributed by atoms with Crippen LogP contribution in [0.15, 0.2) is 18.2 Å². The van der Waals surface area contributed by atoms with Crippen LogP contribution in [-0.2, 0) is 27.9 Å². The minimum atomic E-state index is -0.547. The number of rotatable bonds is 4. The summed E-state index contributed by atoms with van der Waals surface area (Å²) < 4.78 is 11.3. The molecule has 3 rings (SSSR count). The molecule has 2 heterocycles. The number of hydrogen-bond donors (Lipinski definition) is 2. The van der Waals surface area contributed by atoms with Crippen LogP contribution < -0.4 is 10.1 Å². The summed E-state index contributed by atoms with van der Waals surface area (Å²) in [4.78, 5) is 26.5. The van der Waals surface area contributed by atoms with Crippen molar-refractivity contribution in [1.82, 2.24) is 15.1 Å². The highest BCUT2D eigenvalue weighted by atomic mass is 16.6. The van der Waals surface area contributed by atoms with E-state index in [1.807, 2.05) is 39.8 Å². The maximum absolute atomic E-state index is 12.6. The van der Waals surface area contributed by atoms with Gasteiger partial charge in [-0.3, -0.25) is 9.89 Å². The van der Waals surface area contributed by atoms with Crippen molar-refractivity contribution < 1.29 is 19.1 Å². The number of aromatic nitrogens is 2. The third-order valence-corrected chi connectivity index (χ3v) is 5.14. The summed E-state index contributed by atoms with van der Waals surface area (Å²) in [5.41, 5.74) is 3.27. The van der Waals surface area contributed by atoms with Gasteiger partial charge in [-0.15, -0.1) is 0 Å². The molecule has 32 heavy (non-hydrogen) atoms. The SMILES string of the molecule is Cc1ccc(OCC(=O)Nc2n[nH]c3c2CCN(C(=O)OC(C)(C)C)C3)c(C(C)(C)C)c1. The highest BCUT2D eigenvalue weighted by molar-refractivity contribution is 5.91. The van der Waals surface area contributed by atoms with Gasteiger partial charge < -0.3 is 19.7 Å². The Bertz CT molecular complexity index is 998. The van der Waals surface area contributed by atoms with E-state index in [0.717, 1.165) is 22.4 Å². The van der Waals surface area contributed by atoms with Crippen LogP contribution in [0.25, 0.3) is 0 Å². The van der Waals surface area contributed by atoms with Gasteiger partial charge in [0.05, 0.1) is 12.2 Å². The largest absolute Gasteiger partial charge is 0.483 e. The van der Waals surface area contributed by atoms with Crippen molar-refractivity contribution in [2.75, 3.05) is 18.5 Å². The molecular formula is C24H34N4O4. The van der Waals surface area contributed by atoms with Crippen LogP contribution in [0.5, 0.6) is 5.75 Å². The molecule has 174 valence electrons. The maximum Gasteiger partial charge on any atom is 0.410 e. The second-order valence-electron chi connectivity index (χ2n) is 10.3. The Morgan fingerprint density at radius 1 is 1.19 bits per heavy atom. The molecule has 0 saturated heterocycles. The number of aromatic amines is 1. The molecular weight excluding hydrogens is 408 g/mol. The highest BCUT2D eigenvalue weighted by Crippen LogP contribution is 2.32. The minimum Gasteiger partial charge on any atom is -0.483 e. The molecule has 0 radical (unpaired) electrons. The number of nitrogens with zero attached hydrogens (tertiary/aromatic N) is 2. The first kappa shape index (κ1) is 23.6. The highest BCUT2D eigenvalue weighted by Gasteiger charge is 2.29. The standard InChI is InChI=1S/C24H34N4O4/c1-15-8-9-19(17(12-15)23(2,3)4)31-14-20(29)25-21-16-10-11-28(13-18(16)26-27-21)22(30)32-24(5,6)7/h8-9,12H,10-11,13-14H2,1-7H3,(H2,25,26,27,29). The number of anilines is 1. The van der Waals surface area contributed by atoms with Gasteiger partial charge in [-0.1, -0.05) is 38.5 Å². The number of hydrogen-bond acceptors (Lipinski definition) is 5. The van der Waals surface area contributed by atoms with Crippen molar-refractivity contribution in [3.8, 4) is 5.75 Å². The number of fused-ring (bicyclic) bond motifs is 1. The predicted molar refractivity (Wildman–Crippen MR) is 123 cm³/mol. The number of benzene rings is 1. The quantitative estimate of drug-likeness (QED) is 0.735. The third-order valence-electron chi connectivity index (χ3n) is 5.14. The Hall–Kier alpha value is -3.03. The number of carbonyl (C=O) groups is 2. The normalized spacial score (nSPS) is 14.0. The molecule has 8 heteroatoms. The van der Waals surface area contributed by atoms with Crippen LogP contribution in [0, 0.1) is 6.92 Å². The first-order chi connectivity index (χ1) is 14.8. The van der Waals surface area contributed by atoms with Gasteiger partial charge in [0.15, 0.2) is 12.4 Å². The second-order valence-corrected chi connectivity index (χ2v) is 10.3. The molecule has 2 amide bonds. The molecule has 0 aliphatic carbocycles. The van der Waals surface area contributed by atoms with E-state index < -0.39 is 5.60 Å². The lowest BCUT2D eigenvalue weighted by molar-refractivity contribution is -0.118. The molecule has 1 aliphatic heterocycles. The Labute approximate surface area is 189 Å². The lowest BCUT2D eigenvalue weighted by atomic mass is 9.85. The van der Waals surface area contributed by atoms with Crippen LogP contribution in [0.4, 0.5) is 10.6 Å². The van der Waals surface area contributed by atoms with Gasteiger partial charge >= 0.3 is 6.09 Å². The zero-order valence-corrected chi connectivity index (χ0v) is 20.1. The van der Waals surface area contributed by atoms with E-state index in [-0.39, 0.29) is 24.0 Å². The molecule has 1 aromatic carbocycles. The molecule has 0 spiro atoms. The fourth-order valence-electron chi connectivity index (χ4n) is 3.57. The molecule has 0 bridgehead atoms. The van der Waals surface area contributed by atoms with Crippen LogP contribution in [0.3, 0.4) is 0 Å². The lowest BCUT2D eigenvalue weighted by Crippen LogP contribution is -2.40. The first-order valence-corrected chi connectivity index (χ1v) is 10.9. The van der Waals surface area contributed by atoms with E-state index in [2.05, 4.69) is 42.4 Å². The van der Waals surface area contributed by atoms with Crippen molar-refractivity contribution in [3.05, 3.63) is 40.6 Å². The van der Waals surface area contributed by atoms with Crippen LogP contribution in [0.2, 0.25) is 0 Å². The Kier molecular flexibility index (Phi) is 6.53. The number of nitrogens with one attached hydrogen (secondary N) is 2. The van der Waals surface area contributed by atoms with E-state index >= 15 is 0 Å². The molecule has 0 atom stereocenters. The summed E-state index contributed by atoms with van der Waals surface area (Å²) >= 11 is 0.